The topological polar surface area (TPSA) is 70.7 Å². The highest BCUT2D eigenvalue weighted by atomic mass is 19.1. The monoisotopic (exact) mass is 413 g/mol. The van der Waals surface area contributed by atoms with Crippen molar-refractivity contribution >= 4 is 34.5 Å². The molecule has 2 aromatic carbocycles. The van der Waals surface area contributed by atoms with Crippen molar-refractivity contribution in [3.8, 4) is 0 Å². The van der Waals surface area contributed by atoms with Crippen LogP contribution < -0.4 is 15.5 Å². The lowest BCUT2D eigenvalue weighted by molar-refractivity contribution is -0.146. The molecule has 1 saturated heterocycles. The third-order valence-electron chi connectivity index (χ3n) is 5.48. The van der Waals surface area contributed by atoms with Gasteiger partial charge in [-0.05, 0) is 43.2 Å². The molecule has 0 unspecified atom stereocenters. The van der Waals surface area contributed by atoms with E-state index in [1.165, 1.54) is 31.5 Å². The van der Waals surface area contributed by atoms with Crippen molar-refractivity contribution in [1.82, 2.24) is 0 Å². The number of nitrogens with one attached hydrogen (secondary N) is 2. The van der Waals surface area contributed by atoms with Crippen molar-refractivity contribution in [2.24, 2.45) is 5.92 Å². The van der Waals surface area contributed by atoms with Crippen molar-refractivity contribution in [2.75, 3.05) is 35.7 Å². The van der Waals surface area contributed by atoms with E-state index in [4.69, 9.17) is 4.74 Å². The minimum atomic E-state index is -0.504. The lowest BCUT2D eigenvalue weighted by Crippen LogP contribution is -2.37. The van der Waals surface area contributed by atoms with Crippen molar-refractivity contribution in [3.63, 3.8) is 0 Å². The number of piperidine rings is 1. The van der Waals surface area contributed by atoms with Gasteiger partial charge in [-0.1, -0.05) is 6.07 Å². The molecule has 1 amide bonds. The van der Waals surface area contributed by atoms with E-state index in [9.17, 15) is 18.4 Å². The Kier molecular flexibility index (Phi) is 5.39. The van der Waals surface area contributed by atoms with Crippen LogP contribution in [0.15, 0.2) is 42.6 Å². The Labute approximate surface area is 172 Å². The first-order chi connectivity index (χ1) is 14.5. The number of hydrogen-bond acceptors (Lipinski definition) is 5. The second-order valence-electron chi connectivity index (χ2n) is 7.27. The lowest BCUT2D eigenvalue weighted by Gasteiger charge is -2.32. The minimum Gasteiger partial charge on any atom is -0.469 e. The Hall–Kier alpha value is -3.42. The third-order valence-corrected chi connectivity index (χ3v) is 5.48. The summed E-state index contributed by atoms with van der Waals surface area (Å²) in [5.74, 6) is -1.72. The second-order valence-corrected chi connectivity index (χ2v) is 7.27. The van der Waals surface area contributed by atoms with E-state index in [0.717, 1.165) is 0 Å². The Morgan fingerprint density at radius 2 is 1.97 bits per heavy atom. The molecule has 6 nitrogen and oxygen atoms in total. The van der Waals surface area contributed by atoms with E-state index in [1.807, 2.05) is 4.90 Å². The fraction of sp³-hybridized carbons (Fsp3) is 0.273. The number of rotatable bonds is 4. The summed E-state index contributed by atoms with van der Waals surface area (Å²) in [6.45, 7) is 1.12. The van der Waals surface area contributed by atoms with E-state index < -0.39 is 17.5 Å². The average molecular weight is 413 g/mol. The number of anilines is 3. The molecule has 0 radical (unpaired) electrons. The van der Waals surface area contributed by atoms with E-state index in [1.54, 1.807) is 18.2 Å². The molecule has 30 heavy (non-hydrogen) atoms. The molecule has 0 atom stereocenters. The van der Waals surface area contributed by atoms with Gasteiger partial charge in [0.15, 0.2) is 0 Å². The van der Waals surface area contributed by atoms with Gasteiger partial charge in [0.2, 0.25) is 0 Å². The number of hydrogen-bond donors (Lipinski definition) is 2. The molecule has 2 aliphatic rings. The highest BCUT2D eigenvalue weighted by Gasteiger charge is 2.28. The van der Waals surface area contributed by atoms with Crippen molar-refractivity contribution in [3.05, 3.63) is 59.8 Å². The Balaban J connectivity index is 1.47. The largest absolute Gasteiger partial charge is 0.469 e. The van der Waals surface area contributed by atoms with Crippen LogP contribution in [0.2, 0.25) is 0 Å². The zero-order valence-corrected chi connectivity index (χ0v) is 16.4. The van der Waals surface area contributed by atoms with Crippen LogP contribution in [0.4, 0.5) is 25.8 Å². The maximum Gasteiger partial charge on any atom is 0.308 e. The molecule has 0 bridgehead atoms. The van der Waals surface area contributed by atoms with Crippen molar-refractivity contribution in [2.45, 2.75) is 12.8 Å². The van der Waals surface area contributed by atoms with Crippen LogP contribution >= 0.6 is 0 Å². The number of carbonyl (C=O) groups is 2. The summed E-state index contributed by atoms with van der Waals surface area (Å²) in [5, 5.41) is 5.48. The van der Waals surface area contributed by atoms with E-state index >= 15 is 0 Å². The summed E-state index contributed by atoms with van der Waals surface area (Å²) in [5.41, 5.74) is 1.64. The summed E-state index contributed by atoms with van der Waals surface area (Å²) >= 11 is 0. The molecule has 1 fully saturated rings. The zero-order valence-electron chi connectivity index (χ0n) is 16.4. The first-order valence-corrected chi connectivity index (χ1v) is 9.67. The summed E-state index contributed by atoms with van der Waals surface area (Å²) in [7, 11) is 1.37. The third kappa shape index (κ3) is 3.72. The first-order valence-electron chi connectivity index (χ1n) is 9.67. The molecule has 2 aromatic rings. The molecule has 2 N–H and O–H groups in total. The summed E-state index contributed by atoms with van der Waals surface area (Å²) in [4.78, 5) is 25.7. The number of halogens is 2. The van der Waals surface area contributed by atoms with E-state index in [2.05, 4.69) is 10.6 Å². The molecule has 0 spiro atoms. The normalized spacial score (nSPS) is 17.6. The highest BCUT2D eigenvalue weighted by molar-refractivity contribution is 6.31. The van der Waals surface area contributed by atoms with Crippen LogP contribution in [-0.4, -0.2) is 32.1 Å². The lowest BCUT2D eigenvalue weighted by atomic mass is 9.96. The van der Waals surface area contributed by atoms with Gasteiger partial charge in [0.25, 0.3) is 5.91 Å². The Morgan fingerprint density at radius 1 is 1.20 bits per heavy atom. The van der Waals surface area contributed by atoms with Crippen LogP contribution in [0.5, 0.6) is 0 Å². The number of methoxy groups -OCH3 is 1. The van der Waals surface area contributed by atoms with Gasteiger partial charge in [-0.2, -0.15) is 0 Å². The molecule has 0 aliphatic carbocycles. The van der Waals surface area contributed by atoms with Crippen LogP contribution in [0.3, 0.4) is 0 Å². The van der Waals surface area contributed by atoms with E-state index in [0.29, 0.717) is 43.0 Å². The molecular weight excluding hydrogens is 392 g/mol. The minimum absolute atomic E-state index is 0.150. The molecule has 156 valence electrons. The molecular formula is C22H21F2N3O3. The molecule has 8 heteroatoms. The van der Waals surface area contributed by atoms with Crippen molar-refractivity contribution < 1.29 is 23.1 Å². The van der Waals surface area contributed by atoms with Gasteiger partial charge in [0.05, 0.1) is 30.0 Å². The van der Waals surface area contributed by atoms with Gasteiger partial charge in [-0.3, -0.25) is 9.59 Å². The van der Waals surface area contributed by atoms with Crippen LogP contribution in [0, 0.1) is 17.6 Å². The molecule has 2 heterocycles. The first kappa shape index (κ1) is 19.9. The Morgan fingerprint density at radius 3 is 2.67 bits per heavy atom. The molecule has 4 rings (SSSR count). The van der Waals surface area contributed by atoms with Gasteiger partial charge in [-0.15, -0.1) is 0 Å². The number of esters is 1. The van der Waals surface area contributed by atoms with Gasteiger partial charge in [-0.25, -0.2) is 8.78 Å². The highest BCUT2D eigenvalue weighted by Crippen LogP contribution is 2.34. The van der Waals surface area contributed by atoms with E-state index in [-0.39, 0.29) is 23.0 Å². The van der Waals surface area contributed by atoms with Crippen LogP contribution in [-0.2, 0) is 14.3 Å². The number of amides is 1. The zero-order chi connectivity index (χ0) is 21.3. The molecule has 2 aliphatic heterocycles. The smallest absolute Gasteiger partial charge is 0.308 e. The average Bonchev–Trinajstić information content (AvgIpc) is 3.08. The summed E-state index contributed by atoms with van der Waals surface area (Å²) in [6, 6.07) is 9.09. The van der Waals surface area contributed by atoms with Crippen LogP contribution in [0.1, 0.15) is 18.4 Å². The number of fused-ring (bicyclic) bond motifs is 1. The SMILES string of the molecule is COC(=O)C1CCN(c2ccc(N/C=C3\C(=O)Nc4cccc(F)c43)cc2F)CC1. The standard InChI is InChI=1S/C22H21F2N3O3/c1-30-22(29)13-7-9-27(10-8-13)19-6-5-14(11-17(19)24)25-12-15-20-16(23)3-2-4-18(20)26-21(15)28/h2-6,11-13,25H,7-10H2,1H3,(H,26,28)/b15-12-. The van der Waals surface area contributed by atoms with Crippen LogP contribution in [0.25, 0.3) is 5.57 Å². The number of benzene rings is 2. The van der Waals surface area contributed by atoms with Crippen molar-refractivity contribution in [1.29, 1.82) is 0 Å². The van der Waals surface area contributed by atoms with Gasteiger partial charge in [0, 0.05) is 30.5 Å². The predicted molar refractivity (Wildman–Crippen MR) is 110 cm³/mol. The maximum atomic E-state index is 14.7. The maximum absolute atomic E-state index is 14.7. The second kappa shape index (κ2) is 8.14. The number of ether oxygens (including phenoxy) is 1. The molecule has 0 aromatic heterocycles. The quantitative estimate of drug-likeness (QED) is 0.590. The number of nitrogens with zero attached hydrogens (tertiary/aromatic N) is 1. The Bertz CT molecular complexity index is 1030. The summed E-state index contributed by atoms with van der Waals surface area (Å²) in [6.07, 6.45) is 2.59. The molecule has 0 saturated carbocycles. The summed E-state index contributed by atoms with van der Waals surface area (Å²) < 4.78 is 33.6. The fourth-order valence-corrected chi connectivity index (χ4v) is 3.87. The van der Waals surface area contributed by atoms with Gasteiger partial charge in [0.1, 0.15) is 11.6 Å². The predicted octanol–water partition coefficient (Wildman–Crippen LogP) is 3.76. The fourth-order valence-electron chi connectivity index (χ4n) is 3.87. The number of carbonyl (C=O) groups excluding carboxylic acids is 2. The van der Waals surface area contributed by atoms with Gasteiger partial charge >= 0.3 is 5.97 Å². The van der Waals surface area contributed by atoms with Gasteiger partial charge < -0.3 is 20.3 Å².